The van der Waals surface area contributed by atoms with E-state index < -0.39 is 0 Å². The number of aliphatic hydroxyl groups excluding tert-OH is 1. The lowest BCUT2D eigenvalue weighted by Crippen LogP contribution is -2.39. The van der Waals surface area contributed by atoms with E-state index in [2.05, 4.69) is 39.1 Å². The predicted octanol–water partition coefficient (Wildman–Crippen LogP) is 5.48. The number of hydrogen-bond donors (Lipinski definition) is 2. The number of hydrogen-bond acceptors (Lipinski definition) is 4. The maximum atomic E-state index is 13.4. The Kier molecular flexibility index (Phi) is 6.75. The Morgan fingerprint density at radius 3 is 2.51 bits per heavy atom. The zero-order chi connectivity index (χ0) is 25.2. The largest absolute Gasteiger partial charge is 0.394 e. The third-order valence-electron chi connectivity index (χ3n) is 8.03. The first-order valence-corrected chi connectivity index (χ1v) is 13.6. The molecular formula is C31H34N4O2. The van der Waals surface area contributed by atoms with E-state index in [-0.39, 0.29) is 30.4 Å². The number of nitrogens with one attached hydrogen (secondary N) is 1. The van der Waals surface area contributed by atoms with Crippen molar-refractivity contribution < 1.29 is 9.90 Å². The summed E-state index contributed by atoms with van der Waals surface area (Å²) in [6, 6.07) is 22.1. The minimum absolute atomic E-state index is 0.0433. The highest BCUT2D eigenvalue weighted by molar-refractivity contribution is 5.80. The molecule has 6 heteroatoms. The van der Waals surface area contributed by atoms with Crippen molar-refractivity contribution in [2.45, 2.75) is 62.9 Å². The zero-order valence-electron chi connectivity index (χ0n) is 21.1. The first-order chi connectivity index (χ1) is 18.2. The maximum absolute atomic E-state index is 13.4. The lowest BCUT2D eigenvalue weighted by Gasteiger charge is -2.32. The van der Waals surface area contributed by atoms with Crippen molar-refractivity contribution in [2.24, 2.45) is 5.92 Å². The van der Waals surface area contributed by atoms with Gasteiger partial charge in [-0.1, -0.05) is 67.4 Å². The van der Waals surface area contributed by atoms with E-state index in [1.54, 1.807) is 0 Å². The molecule has 2 fully saturated rings. The number of rotatable bonds is 8. The Labute approximate surface area is 217 Å². The molecule has 6 rings (SSSR count). The molecule has 2 aromatic carbocycles. The fourth-order valence-electron chi connectivity index (χ4n) is 5.88. The summed E-state index contributed by atoms with van der Waals surface area (Å²) in [5, 5.41) is 13.1. The molecule has 2 saturated carbocycles. The van der Waals surface area contributed by atoms with Crippen LogP contribution in [0.2, 0.25) is 0 Å². The average molecular weight is 495 g/mol. The van der Waals surface area contributed by atoms with Crippen molar-refractivity contribution in [3.63, 3.8) is 0 Å². The molecule has 0 unspecified atom stereocenters. The van der Waals surface area contributed by atoms with Crippen molar-refractivity contribution in [1.82, 2.24) is 19.9 Å². The molecule has 1 amide bonds. The van der Waals surface area contributed by atoms with Gasteiger partial charge in [0.25, 0.3) is 0 Å². The van der Waals surface area contributed by atoms with Crippen LogP contribution in [0.15, 0.2) is 72.9 Å². The summed E-state index contributed by atoms with van der Waals surface area (Å²) in [5.74, 6) is 1.85. The van der Waals surface area contributed by atoms with E-state index >= 15 is 0 Å². The average Bonchev–Trinajstić information content (AvgIpc) is 3.74. The molecule has 2 aliphatic carbocycles. The first-order valence-electron chi connectivity index (χ1n) is 13.6. The van der Waals surface area contributed by atoms with Crippen molar-refractivity contribution in [3.05, 3.63) is 95.4 Å². The highest BCUT2D eigenvalue weighted by Gasteiger charge is 2.33. The number of fused-ring (bicyclic) bond motifs is 1. The molecule has 37 heavy (non-hydrogen) atoms. The van der Waals surface area contributed by atoms with E-state index in [0.717, 1.165) is 54.8 Å². The minimum Gasteiger partial charge on any atom is -0.394 e. The number of pyridine rings is 1. The summed E-state index contributed by atoms with van der Waals surface area (Å²) in [6.45, 7) is 0.645. The molecule has 3 atom stereocenters. The number of aromatic nitrogens is 3. The molecule has 6 nitrogen and oxygen atoms in total. The minimum atomic E-state index is -0.377. The number of carbonyl (C=O) groups excluding carboxylic acids is 1. The van der Waals surface area contributed by atoms with Crippen LogP contribution >= 0.6 is 0 Å². The molecule has 2 heterocycles. The topological polar surface area (TPSA) is 80.0 Å². The molecule has 4 aromatic rings. The lowest BCUT2D eigenvalue weighted by molar-refractivity contribution is -0.127. The van der Waals surface area contributed by atoms with Gasteiger partial charge in [0, 0.05) is 18.0 Å². The summed E-state index contributed by atoms with van der Waals surface area (Å²) in [5.41, 5.74) is 5.29. The van der Waals surface area contributed by atoms with Crippen LogP contribution in [0.3, 0.4) is 0 Å². The normalized spacial score (nSPS) is 20.6. The van der Waals surface area contributed by atoms with Crippen molar-refractivity contribution >= 4 is 17.1 Å². The van der Waals surface area contributed by atoms with Gasteiger partial charge in [-0.2, -0.15) is 0 Å². The van der Waals surface area contributed by atoms with Gasteiger partial charge in [0.15, 0.2) is 5.65 Å². The Morgan fingerprint density at radius 2 is 1.76 bits per heavy atom. The lowest BCUT2D eigenvalue weighted by atomic mass is 9.74. The van der Waals surface area contributed by atoms with Crippen LogP contribution in [0.4, 0.5) is 0 Å². The van der Waals surface area contributed by atoms with E-state index in [4.69, 9.17) is 4.98 Å². The molecule has 190 valence electrons. The molecule has 0 saturated heterocycles. The molecule has 0 bridgehead atoms. The molecule has 0 aliphatic heterocycles. The first kappa shape index (κ1) is 23.9. The van der Waals surface area contributed by atoms with Crippen LogP contribution in [-0.2, 0) is 11.3 Å². The predicted molar refractivity (Wildman–Crippen MR) is 144 cm³/mol. The number of imidazole rings is 1. The van der Waals surface area contributed by atoms with Crippen LogP contribution in [0.5, 0.6) is 0 Å². The highest BCUT2D eigenvalue weighted by atomic mass is 16.3. The van der Waals surface area contributed by atoms with Crippen molar-refractivity contribution in [3.8, 4) is 0 Å². The third-order valence-corrected chi connectivity index (χ3v) is 8.03. The Bertz CT molecular complexity index is 1360. The second-order valence-electron chi connectivity index (χ2n) is 10.6. The van der Waals surface area contributed by atoms with Gasteiger partial charge in [0.1, 0.15) is 11.3 Å². The van der Waals surface area contributed by atoms with E-state index in [1.807, 2.05) is 48.7 Å². The molecule has 2 aromatic heterocycles. The molecule has 2 aliphatic rings. The molecule has 2 N–H and O–H groups in total. The second kappa shape index (κ2) is 10.5. The summed E-state index contributed by atoms with van der Waals surface area (Å²) < 4.78 is 2.28. The quantitative estimate of drug-likeness (QED) is 0.340. The fourth-order valence-corrected chi connectivity index (χ4v) is 5.88. The Balaban J connectivity index is 1.19. The van der Waals surface area contributed by atoms with E-state index in [1.165, 1.54) is 24.0 Å². The van der Waals surface area contributed by atoms with Gasteiger partial charge >= 0.3 is 0 Å². The Hall–Kier alpha value is -3.51. The standard InChI is InChI=1S/C31H34N4O2/c36-20-28(23-7-2-1-3-8-23)34-31(37)26-10-5-4-9-25(26)22-14-12-21(13-15-22)19-35-29(24-16-17-24)33-27-11-6-18-32-30(27)35/h1-3,6-8,11-15,18,24-26,28,36H,4-5,9-10,16-17,19-20H2,(H,34,37)/t25-,26+,28-/m1/s1. The SMILES string of the molecule is O=C(N[C@H](CO)c1ccccc1)[C@H]1CCCC[C@@H]1c1ccc(Cn2c(C3CC3)nc3cccnc32)cc1. The van der Waals surface area contributed by atoms with E-state index in [0.29, 0.717) is 5.92 Å². The summed E-state index contributed by atoms with van der Waals surface area (Å²) >= 11 is 0. The summed E-state index contributed by atoms with van der Waals surface area (Å²) in [7, 11) is 0. The number of benzene rings is 2. The molecule has 0 spiro atoms. The summed E-state index contributed by atoms with van der Waals surface area (Å²) in [6.07, 6.45) is 8.33. The second-order valence-corrected chi connectivity index (χ2v) is 10.6. The number of nitrogens with zero attached hydrogens (tertiary/aromatic N) is 3. The van der Waals surface area contributed by atoms with Gasteiger partial charge < -0.3 is 15.0 Å². The Morgan fingerprint density at radius 1 is 0.973 bits per heavy atom. The van der Waals surface area contributed by atoms with Gasteiger partial charge in [0.05, 0.1) is 19.2 Å². The third kappa shape index (κ3) is 5.03. The maximum Gasteiger partial charge on any atom is 0.224 e. The van der Waals surface area contributed by atoms with Crippen LogP contribution in [0.25, 0.3) is 11.2 Å². The zero-order valence-corrected chi connectivity index (χ0v) is 21.1. The van der Waals surface area contributed by atoms with Crippen LogP contribution in [0, 0.1) is 5.92 Å². The van der Waals surface area contributed by atoms with Crippen molar-refractivity contribution in [1.29, 1.82) is 0 Å². The van der Waals surface area contributed by atoms with Gasteiger partial charge in [-0.25, -0.2) is 9.97 Å². The summed E-state index contributed by atoms with van der Waals surface area (Å²) in [4.78, 5) is 22.9. The number of carbonyl (C=O) groups is 1. The smallest absolute Gasteiger partial charge is 0.224 e. The number of amides is 1. The van der Waals surface area contributed by atoms with Gasteiger partial charge in [-0.05, 0) is 60.4 Å². The van der Waals surface area contributed by atoms with Crippen LogP contribution in [-0.4, -0.2) is 32.2 Å². The van der Waals surface area contributed by atoms with Gasteiger partial charge in [-0.15, -0.1) is 0 Å². The van der Waals surface area contributed by atoms with E-state index in [9.17, 15) is 9.90 Å². The van der Waals surface area contributed by atoms with Gasteiger partial charge in [0.2, 0.25) is 5.91 Å². The van der Waals surface area contributed by atoms with Crippen LogP contribution in [0.1, 0.15) is 78.9 Å². The van der Waals surface area contributed by atoms with Crippen molar-refractivity contribution in [2.75, 3.05) is 6.61 Å². The fraction of sp³-hybridized carbons (Fsp3) is 0.387. The van der Waals surface area contributed by atoms with Crippen LogP contribution < -0.4 is 5.32 Å². The highest BCUT2D eigenvalue weighted by Crippen LogP contribution is 2.41. The monoisotopic (exact) mass is 494 g/mol. The molecular weight excluding hydrogens is 460 g/mol. The van der Waals surface area contributed by atoms with Gasteiger partial charge in [-0.3, -0.25) is 4.79 Å². The molecule has 0 radical (unpaired) electrons. The number of aliphatic hydroxyl groups is 1.